The Labute approximate surface area is 187 Å². The van der Waals surface area contributed by atoms with E-state index in [9.17, 15) is 4.79 Å². The van der Waals surface area contributed by atoms with Gasteiger partial charge in [0.15, 0.2) is 5.16 Å². The highest BCUT2D eigenvalue weighted by molar-refractivity contribution is 7.99. The minimum Gasteiger partial charge on any atom is -0.497 e. The van der Waals surface area contributed by atoms with E-state index in [0.717, 1.165) is 52.8 Å². The minimum absolute atomic E-state index is 0.173. The van der Waals surface area contributed by atoms with Crippen molar-refractivity contribution in [3.63, 3.8) is 0 Å². The Morgan fingerprint density at radius 3 is 2.68 bits per heavy atom. The van der Waals surface area contributed by atoms with E-state index in [4.69, 9.17) is 14.5 Å². The zero-order valence-corrected chi connectivity index (χ0v) is 18.9. The van der Waals surface area contributed by atoms with Crippen molar-refractivity contribution in [3.05, 3.63) is 48.5 Å². The van der Waals surface area contributed by atoms with Gasteiger partial charge in [-0.05, 0) is 62.6 Å². The number of rotatable bonds is 8. The van der Waals surface area contributed by atoms with Crippen LogP contribution in [-0.2, 0) is 11.3 Å². The number of carbonyl (C=O) groups excluding carboxylic acids is 1. The summed E-state index contributed by atoms with van der Waals surface area (Å²) in [7, 11) is 1.65. The second-order valence-electron chi connectivity index (χ2n) is 7.77. The van der Waals surface area contributed by atoms with Gasteiger partial charge in [-0.1, -0.05) is 23.9 Å². The molecule has 1 fully saturated rings. The molecule has 1 unspecified atom stereocenters. The van der Waals surface area contributed by atoms with Gasteiger partial charge in [0.1, 0.15) is 18.0 Å². The summed E-state index contributed by atoms with van der Waals surface area (Å²) in [6.45, 7) is 3.88. The van der Waals surface area contributed by atoms with Crippen LogP contribution in [0.3, 0.4) is 0 Å². The summed E-state index contributed by atoms with van der Waals surface area (Å²) < 4.78 is 13.1. The lowest BCUT2D eigenvalue weighted by molar-refractivity contribution is -0.135. The van der Waals surface area contributed by atoms with E-state index < -0.39 is 0 Å². The number of fused-ring (bicyclic) bond motifs is 1. The van der Waals surface area contributed by atoms with E-state index in [-0.39, 0.29) is 5.91 Å². The van der Waals surface area contributed by atoms with Crippen LogP contribution in [0.1, 0.15) is 26.2 Å². The molecule has 164 valence electrons. The number of amides is 1. The molecule has 7 heteroatoms. The molecule has 1 amide bonds. The molecule has 1 aliphatic rings. The summed E-state index contributed by atoms with van der Waals surface area (Å²) >= 11 is 1.62. The fourth-order valence-electron chi connectivity index (χ4n) is 3.98. The molecule has 1 aliphatic heterocycles. The molecule has 1 saturated heterocycles. The van der Waals surface area contributed by atoms with E-state index in [1.807, 2.05) is 53.4 Å². The van der Waals surface area contributed by atoms with Gasteiger partial charge in [0.25, 0.3) is 0 Å². The molecular weight excluding hydrogens is 410 g/mol. The van der Waals surface area contributed by atoms with E-state index in [2.05, 4.69) is 11.5 Å². The molecule has 3 aromatic rings. The van der Waals surface area contributed by atoms with Crippen LogP contribution in [0.4, 0.5) is 0 Å². The first-order chi connectivity index (χ1) is 15.2. The zero-order valence-electron chi connectivity index (χ0n) is 18.1. The highest BCUT2D eigenvalue weighted by Crippen LogP contribution is 2.26. The maximum Gasteiger partial charge on any atom is 0.242 e. The Morgan fingerprint density at radius 2 is 1.90 bits per heavy atom. The number of ether oxygens (including phenoxy) is 2. The molecule has 6 nitrogen and oxygen atoms in total. The van der Waals surface area contributed by atoms with Gasteiger partial charge in [-0.2, -0.15) is 0 Å². The lowest BCUT2D eigenvalue weighted by Crippen LogP contribution is -2.43. The monoisotopic (exact) mass is 439 g/mol. The summed E-state index contributed by atoms with van der Waals surface area (Å²) in [6.07, 6.45) is 3.38. The molecular formula is C24H29N3O3S. The first-order valence-electron chi connectivity index (χ1n) is 10.8. The van der Waals surface area contributed by atoms with Crippen molar-refractivity contribution in [1.82, 2.24) is 14.5 Å². The highest BCUT2D eigenvalue weighted by atomic mass is 32.2. The van der Waals surface area contributed by atoms with E-state index in [0.29, 0.717) is 19.2 Å². The van der Waals surface area contributed by atoms with Crippen LogP contribution in [-0.4, -0.2) is 52.4 Å². The van der Waals surface area contributed by atoms with Crippen molar-refractivity contribution in [1.29, 1.82) is 0 Å². The molecule has 2 heterocycles. The number of benzene rings is 2. The zero-order chi connectivity index (χ0) is 21.6. The number of piperidine rings is 1. The van der Waals surface area contributed by atoms with Gasteiger partial charge in [0, 0.05) is 18.3 Å². The fourth-order valence-corrected chi connectivity index (χ4v) is 4.81. The van der Waals surface area contributed by atoms with Gasteiger partial charge in [-0.25, -0.2) is 4.98 Å². The molecule has 0 saturated carbocycles. The van der Waals surface area contributed by atoms with Gasteiger partial charge in [0.05, 0.1) is 24.8 Å². The summed E-state index contributed by atoms with van der Waals surface area (Å²) in [5, 5.41) is 0.859. The first kappa shape index (κ1) is 21.6. The second kappa shape index (κ2) is 10.1. The lowest BCUT2D eigenvalue weighted by Gasteiger charge is -2.33. The third-order valence-electron chi connectivity index (χ3n) is 5.68. The van der Waals surface area contributed by atoms with Crippen molar-refractivity contribution in [2.45, 2.75) is 43.9 Å². The molecule has 1 aromatic heterocycles. The summed E-state index contributed by atoms with van der Waals surface area (Å²) in [5.74, 6) is 2.53. The average Bonchev–Trinajstić information content (AvgIpc) is 3.14. The van der Waals surface area contributed by atoms with Crippen LogP contribution < -0.4 is 9.47 Å². The van der Waals surface area contributed by atoms with Crippen molar-refractivity contribution in [2.24, 2.45) is 0 Å². The maximum atomic E-state index is 13.1. The van der Waals surface area contributed by atoms with Crippen LogP contribution in [0.5, 0.6) is 11.5 Å². The van der Waals surface area contributed by atoms with Gasteiger partial charge < -0.3 is 18.9 Å². The molecule has 0 spiro atoms. The van der Waals surface area contributed by atoms with Crippen LogP contribution in [0.15, 0.2) is 53.7 Å². The van der Waals surface area contributed by atoms with Gasteiger partial charge in [-0.15, -0.1) is 0 Å². The van der Waals surface area contributed by atoms with Crippen LogP contribution in [0.25, 0.3) is 11.0 Å². The Bertz CT molecular complexity index is 1020. The number of likely N-dealkylation sites (tertiary alicyclic amines) is 1. The number of aromatic nitrogens is 2. The number of para-hydroxylation sites is 2. The van der Waals surface area contributed by atoms with E-state index in [1.54, 1.807) is 18.9 Å². The number of nitrogens with zero attached hydrogens (tertiary/aromatic N) is 3. The van der Waals surface area contributed by atoms with Crippen molar-refractivity contribution in [2.75, 3.05) is 26.0 Å². The first-order valence-corrected chi connectivity index (χ1v) is 11.8. The lowest BCUT2D eigenvalue weighted by atomic mass is 10.0. The molecule has 0 radical (unpaired) electrons. The predicted octanol–water partition coefficient (Wildman–Crippen LogP) is 4.62. The smallest absolute Gasteiger partial charge is 0.242 e. The highest BCUT2D eigenvalue weighted by Gasteiger charge is 2.24. The Morgan fingerprint density at radius 1 is 1.13 bits per heavy atom. The Hall–Kier alpha value is -2.67. The predicted molar refractivity (Wildman–Crippen MR) is 124 cm³/mol. The second-order valence-corrected chi connectivity index (χ2v) is 8.84. The number of thioether (sulfide) groups is 1. The molecule has 31 heavy (non-hydrogen) atoms. The molecule has 1 atom stereocenters. The SMILES string of the molecule is COc1ccc(OCCSc2nc3ccccc3n2CC(=O)N2CCCCC2C)cc1. The third-order valence-corrected chi connectivity index (χ3v) is 6.62. The van der Waals surface area contributed by atoms with E-state index in [1.165, 1.54) is 6.42 Å². The van der Waals surface area contributed by atoms with Crippen LogP contribution in [0.2, 0.25) is 0 Å². The molecule has 0 N–H and O–H groups in total. The van der Waals surface area contributed by atoms with Gasteiger partial charge in [-0.3, -0.25) is 4.79 Å². The number of hydrogen-bond acceptors (Lipinski definition) is 5. The van der Waals surface area contributed by atoms with Crippen LogP contribution in [0, 0.1) is 0 Å². The minimum atomic E-state index is 0.173. The Kier molecular flexibility index (Phi) is 7.02. The number of hydrogen-bond donors (Lipinski definition) is 0. The number of imidazole rings is 1. The van der Waals surface area contributed by atoms with Crippen LogP contribution >= 0.6 is 11.8 Å². The van der Waals surface area contributed by atoms with Crippen molar-refractivity contribution < 1.29 is 14.3 Å². The summed E-state index contributed by atoms with van der Waals surface area (Å²) in [5.41, 5.74) is 1.92. The van der Waals surface area contributed by atoms with Crippen molar-refractivity contribution in [3.8, 4) is 11.5 Å². The largest absolute Gasteiger partial charge is 0.497 e. The summed E-state index contributed by atoms with van der Waals surface area (Å²) in [4.78, 5) is 19.9. The quantitative estimate of drug-likeness (QED) is 0.379. The molecule has 2 aromatic carbocycles. The maximum absolute atomic E-state index is 13.1. The molecule has 4 rings (SSSR count). The topological polar surface area (TPSA) is 56.6 Å². The van der Waals surface area contributed by atoms with Gasteiger partial charge >= 0.3 is 0 Å². The number of carbonyl (C=O) groups is 1. The normalized spacial score (nSPS) is 16.5. The van der Waals surface area contributed by atoms with Gasteiger partial charge in [0.2, 0.25) is 5.91 Å². The average molecular weight is 440 g/mol. The fraction of sp³-hybridized carbons (Fsp3) is 0.417. The molecule has 0 bridgehead atoms. The standard InChI is InChI=1S/C24H29N3O3S/c1-18-7-5-6-14-26(18)23(28)17-27-22-9-4-3-8-21(22)25-24(27)31-16-15-30-20-12-10-19(29-2)11-13-20/h3-4,8-13,18H,5-7,14-17H2,1-2H3. The van der Waals surface area contributed by atoms with E-state index >= 15 is 0 Å². The van der Waals surface area contributed by atoms with Crippen molar-refractivity contribution >= 4 is 28.7 Å². The molecule has 0 aliphatic carbocycles. The summed E-state index contributed by atoms with van der Waals surface area (Å²) in [6, 6.07) is 15.9. The number of methoxy groups -OCH3 is 1. The third kappa shape index (κ3) is 5.15. The Balaban J connectivity index is 1.42.